The average molecular weight is 295 g/mol. The van der Waals surface area contributed by atoms with Crippen molar-refractivity contribution in [3.05, 3.63) is 58.0 Å². The van der Waals surface area contributed by atoms with Gasteiger partial charge in [-0.2, -0.15) is 0 Å². The van der Waals surface area contributed by atoms with Crippen LogP contribution in [-0.2, 0) is 12.8 Å². The lowest BCUT2D eigenvalue weighted by Gasteiger charge is -2.25. The number of aromatic nitrogens is 3. The maximum absolute atomic E-state index is 5.56. The van der Waals surface area contributed by atoms with Gasteiger partial charge < -0.3 is 4.98 Å². The predicted molar refractivity (Wildman–Crippen MR) is 87.2 cm³/mol. The number of nitrogens with one attached hydrogen (secondary N) is 1. The van der Waals surface area contributed by atoms with E-state index in [-0.39, 0.29) is 0 Å². The van der Waals surface area contributed by atoms with Crippen LogP contribution in [0.4, 0.5) is 0 Å². The van der Waals surface area contributed by atoms with Crippen molar-refractivity contribution in [3.63, 3.8) is 0 Å². The molecule has 1 atom stereocenters. The molecule has 0 saturated carbocycles. The van der Waals surface area contributed by atoms with Gasteiger partial charge in [-0.25, -0.2) is 4.98 Å². The second kappa shape index (κ2) is 4.81. The molecule has 3 nitrogen and oxygen atoms in total. The first-order valence-corrected chi connectivity index (χ1v) is 7.77. The van der Waals surface area contributed by atoms with Crippen LogP contribution in [0.2, 0.25) is 0 Å². The fourth-order valence-electron chi connectivity index (χ4n) is 3.38. The summed E-state index contributed by atoms with van der Waals surface area (Å²) >= 11 is 5.56. The highest BCUT2D eigenvalue weighted by Crippen LogP contribution is 2.31. The Kier molecular flexibility index (Phi) is 2.93. The van der Waals surface area contributed by atoms with Crippen molar-refractivity contribution in [2.75, 3.05) is 0 Å². The molecule has 1 aromatic carbocycles. The molecule has 0 spiro atoms. The number of aryl methyl sites for hydroxylation is 2. The number of aromatic amines is 1. The number of fused-ring (bicyclic) bond motifs is 2. The van der Waals surface area contributed by atoms with Crippen molar-refractivity contribution in [2.45, 2.75) is 32.2 Å². The Morgan fingerprint density at radius 2 is 2.05 bits per heavy atom. The number of H-pyrrole nitrogens is 1. The highest BCUT2D eigenvalue weighted by atomic mass is 32.1. The fraction of sp³-hybridized carbons (Fsp3) is 0.294. The minimum absolute atomic E-state index is 0.399. The van der Waals surface area contributed by atoms with Crippen LogP contribution in [-0.4, -0.2) is 14.5 Å². The average Bonchev–Trinajstić information content (AvgIpc) is 2.84. The standard InChI is InChI=1S/C17H17N3S/c1-11-8-9-18-16-15(11)19-17(21)20(16)14-7-6-12-4-2-3-5-13(12)10-14/h2-5,8-9,14H,6-7,10H2,1H3,(H,19,21). The van der Waals surface area contributed by atoms with Gasteiger partial charge in [-0.05, 0) is 61.2 Å². The van der Waals surface area contributed by atoms with Gasteiger partial charge in [-0.1, -0.05) is 24.3 Å². The maximum atomic E-state index is 5.56. The highest BCUT2D eigenvalue weighted by Gasteiger charge is 2.22. The lowest BCUT2D eigenvalue weighted by atomic mass is 9.88. The van der Waals surface area contributed by atoms with Crippen LogP contribution >= 0.6 is 12.2 Å². The minimum atomic E-state index is 0.399. The molecule has 1 aliphatic rings. The predicted octanol–water partition coefficient (Wildman–Crippen LogP) is 4.13. The summed E-state index contributed by atoms with van der Waals surface area (Å²) in [6.45, 7) is 2.09. The van der Waals surface area contributed by atoms with Gasteiger partial charge in [0.1, 0.15) is 0 Å². The van der Waals surface area contributed by atoms with Gasteiger partial charge in [0, 0.05) is 12.2 Å². The zero-order valence-corrected chi connectivity index (χ0v) is 12.8. The summed E-state index contributed by atoms with van der Waals surface area (Å²) in [5.41, 5.74) is 6.17. The third kappa shape index (κ3) is 2.02. The Balaban J connectivity index is 1.84. The largest absolute Gasteiger partial charge is 0.329 e. The Bertz CT molecular complexity index is 875. The quantitative estimate of drug-likeness (QED) is 0.685. The number of pyridine rings is 1. The van der Waals surface area contributed by atoms with Crippen LogP contribution in [0.5, 0.6) is 0 Å². The smallest absolute Gasteiger partial charge is 0.179 e. The third-order valence-electron chi connectivity index (χ3n) is 4.50. The van der Waals surface area contributed by atoms with Crippen molar-refractivity contribution >= 4 is 23.4 Å². The Morgan fingerprint density at radius 3 is 2.90 bits per heavy atom. The van der Waals surface area contributed by atoms with Gasteiger partial charge in [0.2, 0.25) is 0 Å². The molecular formula is C17H17N3S. The van der Waals surface area contributed by atoms with E-state index in [4.69, 9.17) is 12.2 Å². The monoisotopic (exact) mass is 295 g/mol. The summed E-state index contributed by atoms with van der Waals surface area (Å²) in [5.74, 6) is 0. The third-order valence-corrected chi connectivity index (χ3v) is 4.80. The second-order valence-electron chi connectivity index (χ2n) is 5.79. The molecule has 1 unspecified atom stereocenters. The zero-order valence-electron chi connectivity index (χ0n) is 12.0. The Labute approximate surface area is 128 Å². The van der Waals surface area contributed by atoms with Crippen molar-refractivity contribution in [1.82, 2.24) is 14.5 Å². The molecule has 4 heteroatoms. The second-order valence-corrected chi connectivity index (χ2v) is 6.18. The first-order valence-electron chi connectivity index (χ1n) is 7.36. The molecule has 2 aromatic heterocycles. The van der Waals surface area contributed by atoms with Crippen molar-refractivity contribution in [1.29, 1.82) is 0 Å². The molecule has 0 bridgehead atoms. The molecule has 1 aliphatic carbocycles. The van der Waals surface area contributed by atoms with E-state index in [0.717, 1.165) is 35.2 Å². The van der Waals surface area contributed by atoms with E-state index in [1.165, 1.54) is 16.7 Å². The van der Waals surface area contributed by atoms with Gasteiger partial charge in [-0.15, -0.1) is 0 Å². The van der Waals surface area contributed by atoms with Crippen LogP contribution in [0, 0.1) is 11.7 Å². The van der Waals surface area contributed by atoms with Gasteiger partial charge in [0.25, 0.3) is 0 Å². The number of rotatable bonds is 1. The van der Waals surface area contributed by atoms with Crippen LogP contribution in [0.25, 0.3) is 11.2 Å². The molecule has 0 radical (unpaired) electrons. The van der Waals surface area contributed by atoms with Gasteiger partial charge in [-0.3, -0.25) is 4.57 Å². The summed E-state index contributed by atoms with van der Waals surface area (Å²) in [4.78, 5) is 7.89. The van der Waals surface area contributed by atoms with Crippen LogP contribution in [0.3, 0.4) is 0 Å². The number of benzene rings is 1. The van der Waals surface area contributed by atoms with E-state index in [2.05, 4.69) is 45.7 Å². The normalized spacial score (nSPS) is 17.9. The van der Waals surface area contributed by atoms with E-state index < -0.39 is 0 Å². The van der Waals surface area contributed by atoms with Gasteiger partial charge in [0.05, 0.1) is 5.52 Å². The summed E-state index contributed by atoms with van der Waals surface area (Å²) in [6, 6.07) is 11.1. The van der Waals surface area contributed by atoms with Crippen molar-refractivity contribution in [3.8, 4) is 0 Å². The molecule has 4 rings (SSSR count). The molecule has 0 amide bonds. The van der Waals surface area contributed by atoms with Crippen molar-refractivity contribution < 1.29 is 0 Å². The van der Waals surface area contributed by atoms with Crippen LogP contribution < -0.4 is 0 Å². The number of nitrogens with zero attached hydrogens (tertiary/aromatic N) is 2. The molecule has 2 heterocycles. The SMILES string of the molecule is Cc1ccnc2c1[nH]c(=S)n2C1CCc2ccccc2C1. The summed E-state index contributed by atoms with van der Waals surface area (Å²) in [5, 5.41) is 0. The number of hydrogen-bond acceptors (Lipinski definition) is 2. The van der Waals surface area contributed by atoms with Crippen molar-refractivity contribution in [2.24, 2.45) is 0 Å². The van der Waals surface area contributed by atoms with E-state index in [0.29, 0.717) is 6.04 Å². The van der Waals surface area contributed by atoms with E-state index in [1.807, 2.05) is 12.3 Å². The minimum Gasteiger partial charge on any atom is -0.329 e. The molecule has 1 N–H and O–H groups in total. The first kappa shape index (κ1) is 12.8. The van der Waals surface area contributed by atoms with E-state index in [1.54, 1.807) is 0 Å². The lowest BCUT2D eigenvalue weighted by molar-refractivity contribution is 0.446. The maximum Gasteiger partial charge on any atom is 0.179 e. The molecule has 21 heavy (non-hydrogen) atoms. The lowest BCUT2D eigenvalue weighted by Crippen LogP contribution is -2.19. The zero-order chi connectivity index (χ0) is 14.4. The fourth-order valence-corrected chi connectivity index (χ4v) is 3.72. The highest BCUT2D eigenvalue weighted by molar-refractivity contribution is 7.71. The van der Waals surface area contributed by atoms with Gasteiger partial charge in [0.15, 0.2) is 10.4 Å². The molecule has 0 fully saturated rings. The summed E-state index contributed by atoms with van der Waals surface area (Å²) < 4.78 is 3.00. The Morgan fingerprint density at radius 1 is 1.24 bits per heavy atom. The number of hydrogen-bond donors (Lipinski definition) is 1. The molecule has 3 aromatic rings. The van der Waals surface area contributed by atoms with Gasteiger partial charge >= 0.3 is 0 Å². The summed E-state index contributed by atoms with van der Waals surface area (Å²) in [6.07, 6.45) is 5.13. The molecule has 0 aliphatic heterocycles. The topological polar surface area (TPSA) is 33.6 Å². The molecule has 0 saturated heterocycles. The number of imidazole rings is 1. The van der Waals surface area contributed by atoms with Crippen LogP contribution in [0.1, 0.15) is 29.2 Å². The first-order chi connectivity index (χ1) is 10.2. The Hall–Kier alpha value is -1.94. The van der Waals surface area contributed by atoms with Crippen LogP contribution in [0.15, 0.2) is 36.5 Å². The molecular weight excluding hydrogens is 278 g/mol. The summed E-state index contributed by atoms with van der Waals surface area (Å²) in [7, 11) is 0. The van der Waals surface area contributed by atoms with E-state index >= 15 is 0 Å². The van der Waals surface area contributed by atoms with E-state index in [9.17, 15) is 0 Å². The molecule has 106 valence electrons.